The van der Waals surface area contributed by atoms with E-state index >= 15 is 0 Å². The lowest BCUT2D eigenvalue weighted by Gasteiger charge is -2.18. The molecule has 0 radical (unpaired) electrons. The Kier molecular flexibility index (Phi) is 5.10. The molecular weight excluding hydrogens is 336 g/mol. The number of anilines is 1. The summed E-state index contributed by atoms with van der Waals surface area (Å²) in [6, 6.07) is 8.05. The fraction of sp³-hybridized carbons (Fsp3) is 0.267. The Hall–Kier alpha value is -2.58. The van der Waals surface area contributed by atoms with E-state index in [0.29, 0.717) is 5.02 Å². The Morgan fingerprint density at radius 2 is 2.08 bits per heavy atom. The molecule has 0 bridgehead atoms. The van der Waals surface area contributed by atoms with E-state index in [2.05, 4.69) is 15.7 Å². The Labute approximate surface area is 143 Å². The molecule has 1 atom stereocenters. The second-order valence-corrected chi connectivity index (χ2v) is 5.89. The van der Waals surface area contributed by atoms with Gasteiger partial charge in [0.2, 0.25) is 0 Å². The summed E-state index contributed by atoms with van der Waals surface area (Å²) in [5.74, 6) is -1.15. The summed E-state index contributed by atoms with van der Waals surface area (Å²) in [5.41, 5.74) is -0.541. The molecule has 0 spiro atoms. The van der Waals surface area contributed by atoms with Gasteiger partial charge in [-0.05, 0) is 32.0 Å². The van der Waals surface area contributed by atoms with E-state index in [4.69, 9.17) is 16.7 Å². The van der Waals surface area contributed by atoms with Gasteiger partial charge in [0.25, 0.3) is 0 Å². The predicted octanol–water partition coefficient (Wildman–Crippen LogP) is 1.79. The Morgan fingerprint density at radius 1 is 1.38 bits per heavy atom. The van der Waals surface area contributed by atoms with Crippen LogP contribution in [-0.4, -0.2) is 44.1 Å². The number of halogens is 1. The highest BCUT2D eigenvalue weighted by Crippen LogP contribution is 2.18. The fourth-order valence-electron chi connectivity index (χ4n) is 1.89. The maximum absolute atomic E-state index is 11.8. The van der Waals surface area contributed by atoms with Gasteiger partial charge in [-0.1, -0.05) is 17.7 Å². The van der Waals surface area contributed by atoms with Crippen LogP contribution in [0.2, 0.25) is 5.02 Å². The van der Waals surface area contributed by atoms with E-state index < -0.39 is 24.1 Å². The Balaban J connectivity index is 2.05. The number of carboxylic acids is 1. The fourth-order valence-corrected chi connectivity index (χ4v) is 2.08. The summed E-state index contributed by atoms with van der Waals surface area (Å²) in [4.78, 5) is 22.6. The second-order valence-electron chi connectivity index (χ2n) is 5.45. The van der Waals surface area contributed by atoms with E-state index in [1.54, 1.807) is 28.9 Å². The Morgan fingerprint density at radius 3 is 2.71 bits per heavy atom. The number of aliphatic hydroxyl groups is 1. The van der Waals surface area contributed by atoms with Crippen molar-refractivity contribution in [3.63, 3.8) is 0 Å². The first-order valence-electron chi connectivity index (χ1n) is 7.02. The molecule has 0 aliphatic heterocycles. The van der Waals surface area contributed by atoms with Crippen molar-refractivity contribution in [2.24, 2.45) is 0 Å². The third-order valence-electron chi connectivity index (χ3n) is 3.24. The summed E-state index contributed by atoms with van der Waals surface area (Å²) in [7, 11) is 0. The molecule has 1 aromatic carbocycles. The molecule has 1 unspecified atom stereocenters. The molecule has 128 valence electrons. The molecule has 2 amide bonds. The minimum absolute atomic E-state index is 0.278. The molecule has 0 fully saturated rings. The average Bonchev–Trinajstić information content (AvgIpc) is 2.85. The van der Waals surface area contributed by atoms with E-state index in [1.165, 1.54) is 0 Å². The highest BCUT2D eigenvalue weighted by Gasteiger charge is 2.30. The molecule has 2 rings (SSSR count). The smallest absolute Gasteiger partial charge is 0.337 e. The molecule has 1 aromatic heterocycles. The molecule has 0 aliphatic carbocycles. The van der Waals surface area contributed by atoms with Crippen molar-refractivity contribution in [2.45, 2.75) is 19.4 Å². The van der Waals surface area contributed by atoms with Crippen LogP contribution >= 0.6 is 11.6 Å². The molecule has 4 N–H and O–H groups in total. The zero-order valence-corrected chi connectivity index (χ0v) is 13.8. The first-order valence-corrected chi connectivity index (χ1v) is 7.40. The number of nitrogens with zero attached hydrogens (tertiary/aromatic N) is 2. The number of carbonyl (C=O) groups excluding carboxylic acids is 1. The largest absolute Gasteiger partial charge is 0.479 e. The third-order valence-corrected chi connectivity index (χ3v) is 3.47. The zero-order valence-electron chi connectivity index (χ0n) is 13.1. The van der Waals surface area contributed by atoms with Crippen LogP contribution in [-0.2, 0) is 4.79 Å². The molecule has 0 saturated heterocycles. The van der Waals surface area contributed by atoms with Crippen LogP contribution in [0.15, 0.2) is 30.3 Å². The summed E-state index contributed by atoms with van der Waals surface area (Å²) < 4.78 is 1.61. The number of urea groups is 1. The minimum atomic E-state index is -2.05. The number of carboxylic acid groups (broad SMARTS) is 1. The van der Waals surface area contributed by atoms with E-state index in [-0.39, 0.29) is 5.82 Å². The van der Waals surface area contributed by atoms with Crippen LogP contribution in [0, 0.1) is 6.92 Å². The molecule has 2 aromatic rings. The third kappa shape index (κ3) is 4.24. The monoisotopic (exact) mass is 352 g/mol. The van der Waals surface area contributed by atoms with E-state index in [9.17, 15) is 14.7 Å². The van der Waals surface area contributed by atoms with Crippen molar-refractivity contribution in [3.05, 3.63) is 41.0 Å². The maximum Gasteiger partial charge on any atom is 0.337 e. The molecule has 0 saturated carbocycles. The summed E-state index contributed by atoms with van der Waals surface area (Å²) in [6.45, 7) is 2.46. The van der Waals surface area contributed by atoms with Gasteiger partial charge in [0, 0.05) is 16.8 Å². The van der Waals surface area contributed by atoms with Crippen molar-refractivity contribution in [1.29, 1.82) is 0 Å². The van der Waals surface area contributed by atoms with E-state index in [1.807, 2.05) is 13.0 Å². The summed E-state index contributed by atoms with van der Waals surface area (Å²) in [6.07, 6.45) is 0. The molecule has 1 heterocycles. The number of rotatable bonds is 5. The van der Waals surface area contributed by atoms with Gasteiger partial charge in [-0.2, -0.15) is 0 Å². The van der Waals surface area contributed by atoms with Gasteiger partial charge in [0.1, 0.15) is 0 Å². The molecule has 8 nitrogen and oxygen atoms in total. The van der Waals surface area contributed by atoms with Crippen LogP contribution in [0.1, 0.15) is 12.6 Å². The lowest BCUT2D eigenvalue weighted by atomic mass is 10.1. The number of amides is 2. The van der Waals surface area contributed by atoms with Crippen molar-refractivity contribution in [1.82, 2.24) is 15.1 Å². The van der Waals surface area contributed by atoms with Crippen LogP contribution in [0.3, 0.4) is 0 Å². The van der Waals surface area contributed by atoms with E-state index in [0.717, 1.165) is 18.3 Å². The average molecular weight is 353 g/mol. The lowest BCUT2D eigenvalue weighted by molar-refractivity contribution is -0.155. The van der Waals surface area contributed by atoms with Crippen LogP contribution in [0.25, 0.3) is 5.69 Å². The number of hydrogen-bond acceptors (Lipinski definition) is 4. The summed E-state index contributed by atoms with van der Waals surface area (Å²) >= 11 is 5.96. The quantitative estimate of drug-likeness (QED) is 0.654. The highest BCUT2D eigenvalue weighted by molar-refractivity contribution is 6.30. The van der Waals surface area contributed by atoms with Gasteiger partial charge in [0.05, 0.1) is 12.2 Å². The van der Waals surface area contributed by atoms with Crippen molar-refractivity contribution < 1.29 is 19.8 Å². The number of benzene rings is 1. The number of hydrogen-bond donors (Lipinski definition) is 4. The first-order chi connectivity index (χ1) is 11.2. The van der Waals surface area contributed by atoms with Gasteiger partial charge in [-0.25, -0.2) is 14.3 Å². The first kappa shape index (κ1) is 17.8. The number of carbonyl (C=O) groups is 2. The van der Waals surface area contributed by atoms with Crippen LogP contribution < -0.4 is 10.6 Å². The molecule has 24 heavy (non-hydrogen) atoms. The van der Waals surface area contributed by atoms with Crippen LogP contribution in [0.5, 0.6) is 0 Å². The summed E-state index contributed by atoms with van der Waals surface area (Å²) in [5, 5.41) is 27.9. The van der Waals surface area contributed by atoms with Gasteiger partial charge in [0.15, 0.2) is 11.4 Å². The molecular formula is C15H17ClN4O4. The normalized spacial score (nSPS) is 13.2. The molecule has 9 heteroatoms. The minimum Gasteiger partial charge on any atom is -0.479 e. The zero-order chi connectivity index (χ0) is 17.9. The predicted molar refractivity (Wildman–Crippen MR) is 88.6 cm³/mol. The van der Waals surface area contributed by atoms with Gasteiger partial charge in [-0.3, -0.25) is 5.32 Å². The molecule has 0 aliphatic rings. The van der Waals surface area contributed by atoms with Crippen molar-refractivity contribution in [2.75, 3.05) is 11.9 Å². The van der Waals surface area contributed by atoms with Gasteiger partial charge < -0.3 is 15.5 Å². The second kappa shape index (κ2) is 6.90. The number of aromatic nitrogens is 2. The van der Waals surface area contributed by atoms with Gasteiger partial charge in [-0.15, -0.1) is 5.10 Å². The number of aryl methyl sites for hydroxylation is 1. The maximum atomic E-state index is 11.8. The van der Waals surface area contributed by atoms with Crippen molar-refractivity contribution >= 4 is 29.4 Å². The number of nitrogens with one attached hydrogen (secondary N) is 2. The standard InChI is InChI=1S/C15H17ClN4O4/c1-9-6-12(18-14(23)17-8-15(2,24)13(21)22)19-20(9)11-5-3-4-10(16)7-11/h3-7,24H,8H2,1-2H3,(H,21,22)(H2,17,18,19,23). The lowest BCUT2D eigenvalue weighted by Crippen LogP contribution is -2.47. The Bertz CT molecular complexity index is 773. The SMILES string of the molecule is Cc1cc(NC(=O)NCC(C)(O)C(=O)O)nn1-c1cccc(Cl)c1. The highest BCUT2D eigenvalue weighted by atomic mass is 35.5. The van der Waals surface area contributed by atoms with Crippen LogP contribution in [0.4, 0.5) is 10.6 Å². The number of aliphatic carboxylic acids is 1. The van der Waals surface area contributed by atoms with Gasteiger partial charge >= 0.3 is 12.0 Å². The van der Waals surface area contributed by atoms with Crippen molar-refractivity contribution in [3.8, 4) is 5.69 Å². The topological polar surface area (TPSA) is 116 Å².